The van der Waals surface area contributed by atoms with Crippen LogP contribution in [-0.4, -0.2) is 22.8 Å². The second-order valence-electron chi connectivity index (χ2n) is 8.39. The van der Waals surface area contributed by atoms with Crippen LogP contribution < -0.4 is 15.0 Å². The molecule has 0 aliphatic carbocycles. The van der Waals surface area contributed by atoms with Gasteiger partial charge >= 0.3 is 6.18 Å². The zero-order valence-electron chi connectivity index (χ0n) is 18.7. The summed E-state index contributed by atoms with van der Waals surface area (Å²) >= 11 is 0. The fraction of sp³-hybridized carbons (Fsp3) is 0.360. The Labute approximate surface area is 189 Å². The van der Waals surface area contributed by atoms with Gasteiger partial charge in [-0.25, -0.2) is 4.98 Å². The summed E-state index contributed by atoms with van der Waals surface area (Å²) in [4.78, 5) is 17.3. The molecule has 0 fully saturated rings. The molecule has 1 aliphatic rings. The molecule has 8 heteroatoms. The van der Waals surface area contributed by atoms with Gasteiger partial charge in [-0.05, 0) is 66.8 Å². The number of halogens is 3. The van der Waals surface area contributed by atoms with Crippen molar-refractivity contribution in [2.24, 2.45) is 5.92 Å². The Morgan fingerprint density at radius 1 is 1.12 bits per heavy atom. The van der Waals surface area contributed by atoms with Crippen molar-refractivity contribution in [2.75, 3.05) is 13.2 Å². The highest BCUT2D eigenvalue weighted by Gasteiger charge is 2.31. The van der Waals surface area contributed by atoms with Gasteiger partial charge in [0.25, 0.3) is 5.56 Å². The summed E-state index contributed by atoms with van der Waals surface area (Å²) < 4.78 is 52.5. The summed E-state index contributed by atoms with van der Waals surface area (Å²) in [6.07, 6.45) is -2.06. The summed E-state index contributed by atoms with van der Waals surface area (Å²) in [7, 11) is 0. The van der Waals surface area contributed by atoms with Gasteiger partial charge in [0.2, 0.25) is 0 Å². The highest BCUT2D eigenvalue weighted by Crippen LogP contribution is 2.34. The molecule has 33 heavy (non-hydrogen) atoms. The van der Waals surface area contributed by atoms with E-state index >= 15 is 0 Å². The van der Waals surface area contributed by atoms with Gasteiger partial charge in [-0.15, -0.1) is 0 Å². The molecule has 0 unspecified atom stereocenters. The zero-order chi connectivity index (χ0) is 23.8. The molecule has 0 N–H and O–H groups in total. The molecule has 2 aromatic carbocycles. The Balaban J connectivity index is 1.74. The quantitative estimate of drug-likeness (QED) is 0.469. The van der Waals surface area contributed by atoms with Crippen LogP contribution in [0.2, 0.25) is 0 Å². The normalized spacial score (nSPS) is 14.8. The molecule has 0 spiro atoms. The van der Waals surface area contributed by atoms with Crippen molar-refractivity contribution in [3.8, 4) is 11.5 Å². The molecule has 0 radical (unpaired) electrons. The van der Waals surface area contributed by atoms with Crippen molar-refractivity contribution in [1.82, 2.24) is 9.55 Å². The first-order chi connectivity index (χ1) is 15.7. The summed E-state index contributed by atoms with van der Waals surface area (Å²) in [5.41, 5.74) is 0.497. The number of alkyl halides is 3. The minimum absolute atomic E-state index is 0.0429. The van der Waals surface area contributed by atoms with Crippen molar-refractivity contribution in [3.05, 3.63) is 63.7 Å². The van der Waals surface area contributed by atoms with Crippen LogP contribution in [0.5, 0.6) is 11.5 Å². The summed E-state index contributed by atoms with van der Waals surface area (Å²) in [5.74, 6) is 2.03. The van der Waals surface area contributed by atoms with Gasteiger partial charge in [-0.3, -0.25) is 9.36 Å². The monoisotopic (exact) mass is 458 g/mol. The van der Waals surface area contributed by atoms with E-state index in [0.717, 1.165) is 23.3 Å². The maximum atomic E-state index is 13.1. The van der Waals surface area contributed by atoms with E-state index in [-0.39, 0.29) is 16.5 Å². The largest absolute Gasteiger partial charge is 0.490 e. The molecule has 5 nitrogen and oxygen atoms in total. The lowest BCUT2D eigenvalue weighted by atomic mass is 10.1. The van der Waals surface area contributed by atoms with Crippen LogP contribution in [0.15, 0.2) is 41.2 Å². The van der Waals surface area contributed by atoms with Crippen LogP contribution in [0.25, 0.3) is 22.6 Å². The van der Waals surface area contributed by atoms with E-state index in [2.05, 4.69) is 18.8 Å². The Morgan fingerprint density at radius 3 is 2.61 bits per heavy atom. The summed E-state index contributed by atoms with van der Waals surface area (Å²) in [6.45, 7) is 7.48. The third-order valence-corrected chi connectivity index (χ3v) is 5.36. The standard InChI is InChI=1S/C25H25F3N2O3/c1-4-32-22-12-16(5-8-21(22)33-14-15(2)3)11-17-9-10-30-23(17)29-20-13-18(25(26,27)28)6-7-19(20)24(30)31/h5-8,11-13,15H,4,9-10,14H2,1-3H3. The highest BCUT2D eigenvalue weighted by atomic mass is 19.4. The number of fused-ring (bicyclic) bond motifs is 2. The third kappa shape index (κ3) is 4.74. The molecule has 1 aromatic heterocycles. The predicted molar refractivity (Wildman–Crippen MR) is 121 cm³/mol. The minimum Gasteiger partial charge on any atom is -0.490 e. The van der Waals surface area contributed by atoms with Gasteiger partial charge in [0.1, 0.15) is 5.82 Å². The van der Waals surface area contributed by atoms with Crippen LogP contribution in [-0.2, 0) is 12.7 Å². The fourth-order valence-corrected chi connectivity index (χ4v) is 3.79. The van der Waals surface area contributed by atoms with Crippen LogP contribution in [0.4, 0.5) is 13.2 Å². The van der Waals surface area contributed by atoms with Gasteiger partial charge in [0, 0.05) is 6.54 Å². The molecule has 1 aliphatic heterocycles. The van der Waals surface area contributed by atoms with Crippen molar-refractivity contribution in [3.63, 3.8) is 0 Å². The molecule has 0 bridgehead atoms. The summed E-state index contributed by atoms with van der Waals surface area (Å²) in [6, 6.07) is 8.63. The predicted octanol–water partition coefficient (Wildman–Crippen LogP) is 5.79. The lowest BCUT2D eigenvalue weighted by Gasteiger charge is -2.14. The van der Waals surface area contributed by atoms with Crippen LogP contribution in [0.1, 0.15) is 44.1 Å². The van der Waals surface area contributed by atoms with E-state index in [1.54, 1.807) is 0 Å². The van der Waals surface area contributed by atoms with E-state index in [9.17, 15) is 18.0 Å². The van der Waals surface area contributed by atoms with Crippen LogP contribution in [0, 0.1) is 5.92 Å². The second kappa shape index (κ2) is 8.92. The second-order valence-corrected chi connectivity index (χ2v) is 8.39. The molecule has 0 saturated heterocycles. The number of hydrogen-bond donors (Lipinski definition) is 0. The smallest absolute Gasteiger partial charge is 0.416 e. The average Bonchev–Trinajstić information content (AvgIpc) is 3.15. The average molecular weight is 458 g/mol. The van der Waals surface area contributed by atoms with Gasteiger partial charge in [0.15, 0.2) is 11.5 Å². The lowest BCUT2D eigenvalue weighted by Crippen LogP contribution is -2.21. The maximum Gasteiger partial charge on any atom is 0.416 e. The molecule has 0 atom stereocenters. The number of nitrogens with zero attached hydrogens (tertiary/aromatic N) is 2. The number of hydrogen-bond acceptors (Lipinski definition) is 4. The first-order valence-electron chi connectivity index (χ1n) is 10.9. The fourth-order valence-electron chi connectivity index (χ4n) is 3.79. The maximum absolute atomic E-state index is 13.1. The topological polar surface area (TPSA) is 53.4 Å². The Bertz CT molecular complexity index is 1280. The minimum atomic E-state index is -4.50. The number of rotatable bonds is 6. The summed E-state index contributed by atoms with van der Waals surface area (Å²) in [5, 5.41) is 0.179. The first kappa shape index (κ1) is 22.9. The SMILES string of the molecule is CCOc1cc(C=C2CCn3c2nc2cc(C(F)(F)F)ccc2c3=O)ccc1OCC(C)C. The molecule has 174 valence electrons. The first-order valence-corrected chi connectivity index (χ1v) is 10.9. The lowest BCUT2D eigenvalue weighted by molar-refractivity contribution is -0.137. The van der Waals surface area contributed by atoms with E-state index < -0.39 is 11.7 Å². The van der Waals surface area contributed by atoms with Crippen LogP contribution >= 0.6 is 0 Å². The van der Waals surface area contributed by atoms with Crippen LogP contribution in [0.3, 0.4) is 0 Å². The van der Waals surface area contributed by atoms with Crippen molar-refractivity contribution < 1.29 is 22.6 Å². The number of aromatic nitrogens is 2. The van der Waals surface area contributed by atoms with E-state index in [4.69, 9.17) is 9.47 Å². The molecular formula is C25H25F3N2O3. The number of benzene rings is 2. The molecule has 0 amide bonds. The molecule has 2 heterocycles. The van der Waals surface area contributed by atoms with Gasteiger partial charge in [0.05, 0.1) is 29.7 Å². The number of ether oxygens (including phenoxy) is 2. The number of allylic oxidation sites excluding steroid dienone is 1. The molecule has 0 saturated carbocycles. The third-order valence-electron chi connectivity index (χ3n) is 5.36. The molecule has 3 aromatic rings. The van der Waals surface area contributed by atoms with Gasteiger partial charge < -0.3 is 9.47 Å². The van der Waals surface area contributed by atoms with E-state index in [1.807, 2.05) is 31.2 Å². The highest BCUT2D eigenvalue weighted by molar-refractivity contribution is 5.85. The zero-order valence-corrected chi connectivity index (χ0v) is 18.7. The van der Waals surface area contributed by atoms with Crippen molar-refractivity contribution >= 4 is 22.6 Å². The van der Waals surface area contributed by atoms with Crippen molar-refractivity contribution in [1.29, 1.82) is 0 Å². The molecule has 4 rings (SSSR count). The Kier molecular flexibility index (Phi) is 6.19. The Hall–Kier alpha value is -3.29. The van der Waals surface area contributed by atoms with Gasteiger partial charge in [-0.1, -0.05) is 19.9 Å². The van der Waals surface area contributed by atoms with E-state index in [1.165, 1.54) is 10.6 Å². The van der Waals surface area contributed by atoms with Crippen molar-refractivity contribution in [2.45, 2.75) is 39.9 Å². The van der Waals surface area contributed by atoms with E-state index in [0.29, 0.717) is 49.4 Å². The molecular weight excluding hydrogens is 433 g/mol. The Morgan fingerprint density at radius 2 is 1.91 bits per heavy atom. The van der Waals surface area contributed by atoms with Gasteiger partial charge in [-0.2, -0.15) is 13.2 Å².